The molecule has 6 heteroatoms. The smallest absolute Gasteiger partial charge is 0.224 e. The summed E-state index contributed by atoms with van der Waals surface area (Å²) in [5, 5.41) is 4.19. The average Bonchev–Trinajstić information content (AvgIpc) is 2.86. The predicted octanol–water partition coefficient (Wildman–Crippen LogP) is 6.69. The van der Waals surface area contributed by atoms with Gasteiger partial charge in [0.15, 0.2) is 0 Å². The first kappa shape index (κ1) is 23.8. The second-order valence-corrected chi connectivity index (χ2v) is 10.3. The molecular formula is C29H33ClN4O. The van der Waals surface area contributed by atoms with Crippen LogP contribution in [0.25, 0.3) is 11.1 Å². The van der Waals surface area contributed by atoms with E-state index in [9.17, 15) is 4.79 Å². The lowest BCUT2D eigenvalue weighted by molar-refractivity contribution is -0.117. The average molecular weight is 489 g/mol. The first-order chi connectivity index (χ1) is 17.0. The van der Waals surface area contributed by atoms with Gasteiger partial charge in [0, 0.05) is 31.4 Å². The van der Waals surface area contributed by atoms with E-state index in [0.29, 0.717) is 5.02 Å². The summed E-state index contributed by atoms with van der Waals surface area (Å²) in [6, 6.07) is 19.3. The molecule has 1 aromatic heterocycles. The first-order valence-corrected chi connectivity index (χ1v) is 13.0. The van der Waals surface area contributed by atoms with Gasteiger partial charge in [-0.25, -0.2) is 4.98 Å². The molecule has 3 aromatic rings. The number of hydrogen-bond donors (Lipinski definition) is 1. The van der Waals surface area contributed by atoms with Crippen molar-refractivity contribution in [1.82, 2.24) is 9.88 Å². The van der Waals surface area contributed by atoms with E-state index in [1.807, 2.05) is 17.0 Å². The zero-order valence-corrected chi connectivity index (χ0v) is 21.3. The Labute approximate surface area is 213 Å². The van der Waals surface area contributed by atoms with E-state index in [4.69, 9.17) is 11.6 Å². The van der Waals surface area contributed by atoms with Crippen molar-refractivity contribution < 1.29 is 4.79 Å². The van der Waals surface area contributed by atoms with Crippen LogP contribution in [0, 0.1) is 0 Å². The summed E-state index contributed by atoms with van der Waals surface area (Å²) in [5.41, 5.74) is 5.78. The third-order valence-electron chi connectivity index (χ3n) is 7.21. The molecule has 2 aliphatic heterocycles. The highest BCUT2D eigenvalue weighted by atomic mass is 35.5. The number of anilines is 2. The number of nitrogens with one attached hydrogen (secondary N) is 1. The third-order valence-corrected chi connectivity index (χ3v) is 7.43. The Morgan fingerprint density at radius 1 is 1.03 bits per heavy atom. The zero-order valence-electron chi connectivity index (χ0n) is 20.5. The molecule has 0 saturated carbocycles. The molecular weight excluding hydrogens is 456 g/mol. The van der Waals surface area contributed by atoms with E-state index in [1.54, 1.807) is 13.1 Å². The topological polar surface area (TPSA) is 48.5 Å². The number of fused-ring (bicyclic) bond motifs is 1. The lowest BCUT2D eigenvalue weighted by atomic mass is 9.89. The van der Waals surface area contributed by atoms with Crippen molar-refractivity contribution in [3.05, 3.63) is 76.9 Å². The van der Waals surface area contributed by atoms with E-state index >= 15 is 0 Å². The number of halogens is 1. The molecule has 0 aliphatic carbocycles. The SMILES string of the molecule is CC(=O)N1c2ccc(-c3ccc(CN4CCCCC4)cc3)cc2[C@H](Nc2ccc(Cl)cn2)C[C@@H]1C. The molecule has 2 aliphatic rings. The zero-order chi connectivity index (χ0) is 24.4. The van der Waals surface area contributed by atoms with Crippen molar-refractivity contribution in [1.29, 1.82) is 0 Å². The molecule has 182 valence electrons. The van der Waals surface area contributed by atoms with Gasteiger partial charge in [-0.2, -0.15) is 0 Å². The molecule has 35 heavy (non-hydrogen) atoms. The quantitative estimate of drug-likeness (QED) is 0.434. The van der Waals surface area contributed by atoms with Crippen LogP contribution in [0.2, 0.25) is 5.02 Å². The van der Waals surface area contributed by atoms with Gasteiger partial charge in [-0.05, 0) is 85.8 Å². The Morgan fingerprint density at radius 2 is 1.77 bits per heavy atom. The number of rotatable bonds is 5. The highest BCUT2D eigenvalue weighted by Crippen LogP contribution is 2.41. The third kappa shape index (κ3) is 5.36. The molecule has 2 aromatic carbocycles. The van der Waals surface area contributed by atoms with Crippen LogP contribution in [-0.4, -0.2) is 34.9 Å². The summed E-state index contributed by atoms with van der Waals surface area (Å²) in [6.45, 7) is 7.17. The lowest BCUT2D eigenvalue weighted by Gasteiger charge is -2.39. The number of pyridine rings is 1. The number of amides is 1. The van der Waals surface area contributed by atoms with E-state index in [1.165, 1.54) is 43.5 Å². The number of likely N-dealkylation sites (tertiary alicyclic amines) is 1. The van der Waals surface area contributed by atoms with Crippen LogP contribution >= 0.6 is 11.6 Å². The number of nitrogens with zero attached hydrogens (tertiary/aromatic N) is 3. The monoisotopic (exact) mass is 488 g/mol. The minimum Gasteiger partial charge on any atom is -0.363 e. The van der Waals surface area contributed by atoms with Crippen molar-refractivity contribution >= 4 is 29.0 Å². The van der Waals surface area contributed by atoms with Gasteiger partial charge >= 0.3 is 0 Å². The van der Waals surface area contributed by atoms with Gasteiger partial charge in [-0.15, -0.1) is 0 Å². The molecule has 0 radical (unpaired) electrons. The maximum absolute atomic E-state index is 12.5. The van der Waals surface area contributed by atoms with E-state index in [-0.39, 0.29) is 18.0 Å². The highest BCUT2D eigenvalue weighted by Gasteiger charge is 2.32. The first-order valence-electron chi connectivity index (χ1n) is 12.6. The number of benzene rings is 2. The van der Waals surface area contributed by atoms with Gasteiger partial charge < -0.3 is 10.2 Å². The highest BCUT2D eigenvalue weighted by molar-refractivity contribution is 6.30. The van der Waals surface area contributed by atoms with Crippen LogP contribution in [0.5, 0.6) is 0 Å². The number of piperidine rings is 1. The maximum Gasteiger partial charge on any atom is 0.224 e. The molecule has 0 bridgehead atoms. The Balaban J connectivity index is 1.43. The van der Waals surface area contributed by atoms with E-state index < -0.39 is 0 Å². The fourth-order valence-electron chi connectivity index (χ4n) is 5.48. The van der Waals surface area contributed by atoms with Crippen LogP contribution in [0.3, 0.4) is 0 Å². The molecule has 2 atom stereocenters. The maximum atomic E-state index is 12.5. The Hall–Kier alpha value is -2.89. The molecule has 3 heterocycles. The van der Waals surface area contributed by atoms with Crippen LogP contribution in [0.15, 0.2) is 60.8 Å². The molecule has 1 amide bonds. The summed E-state index contributed by atoms with van der Waals surface area (Å²) in [7, 11) is 0. The van der Waals surface area contributed by atoms with Gasteiger partial charge in [0.1, 0.15) is 5.82 Å². The summed E-state index contributed by atoms with van der Waals surface area (Å²) in [5.74, 6) is 0.845. The van der Waals surface area contributed by atoms with Crippen LogP contribution in [-0.2, 0) is 11.3 Å². The predicted molar refractivity (Wildman–Crippen MR) is 144 cm³/mol. The largest absolute Gasteiger partial charge is 0.363 e. The minimum atomic E-state index is 0.0441. The number of carbonyl (C=O) groups excluding carboxylic acids is 1. The van der Waals surface area contributed by atoms with Crippen molar-refractivity contribution in [2.75, 3.05) is 23.3 Å². The van der Waals surface area contributed by atoms with Crippen LogP contribution < -0.4 is 10.2 Å². The molecule has 0 unspecified atom stereocenters. The Bertz CT molecular complexity index is 1170. The van der Waals surface area contributed by atoms with Gasteiger partial charge in [-0.1, -0.05) is 48.4 Å². The van der Waals surface area contributed by atoms with Gasteiger partial charge in [0.05, 0.1) is 11.1 Å². The van der Waals surface area contributed by atoms with Crippen molar-refractivity contribution in [3.63, 3.8) is 0 Å². The van der Waals surface area contributed by atoms with Crippen LogP contribution in [0.4, 0.5) is 11.5 Å². The molecule has 0 spiro atoms. The fourth-order valence-corrected chi connectivity index (χ4v) is 5.59. The summed E-state index contributed by atoms with van der Waals surface area (Å²) < 4.78 is 0. The second kappa shape index (κ2) is 10.4. The summed E-state index contributed by atoms with van der Waals surface area (Å²) in [4.78, 5) is 21.4. The Kier molecular flexibility index (Phi) is 7.07. The van der Waals surface area contributed by atoms with Gasteiger partial charge in [0.2, 0.25) is 5.91 Å². The minimum absolute atomic E-state index is 0.0441. The number of carbonyl (C=O) groups is 1. The van der Waals surface area contributed by atoms with Gasteiger partial charge in [0.25, 0.3) is 0 Å². The fraction of sp³-hybridized carbons (Fsp3) is 0.379. The second-order valence-electron chi connectivity index (χ2n) is 9.84. The number of hydrogen-bond acceptors (Lipinski definition) is 4. The van der Waals surface area contributed by atoms with Crippen molar-refractivity contribution in [3.8, 4) is 11.1 Å². The summed E-state index contributed by atoms with van der Waals surface area (Å²) >= 11 is 6.03. The lowest BCUT2D eigenvalue weighted by Crippen LogP contribution is -2.43. The normalized spacial score (nSPS) is 20.4. The molecule has 5 nitrogen and oxygen atoms in total. The van der Waals surface area contributed by atoms with E-state index in [0.717, 1.165) is 35.6 Å². The number of aromatic nitrogens is 1. The van der Waals surface area contributed by atoms with Crippen molar-refractivity contribution in [2.45, 2.75) is 58.2 Å². The molecule has 5 rings (SSSR count). The molecule has 1 fully saturated rings. The molecule has 1 N–H and O–H groups in total. The van der Waals surface area contributed by atoms with Crippen molar-refractivity contribution in [2.24, 2.45) is 0 Å². The molecule has 1 saturated heterocycles. The van der Waals surface area contributed by atoms with Crippen LogP contribution in [0.1, 0.15) is 56.7 Å². The summed E-state index contributed by atoms with van der Waals surface area (Å²) in [6.07, 6.45) is 6.43. The van der Waals surface area contributed by atoms with Gasteiger partial charge in [-0.3, -0.25) is 9.69 Å². The van der Waals surface area contributed by atoms with E-state index in [2.05, 4.69) is 64.6 Å². The standard InChI is InChI=1S/C29H33ClN4O/c1-20-16-27(32-29-13-11-25(30)18-31-29)26-17-24(10-12-28(26)34(20)21(2)35)23-8-6-22(7-9-23)19-33-14-4-3-5-15-33/h6-13,17-18,20,27H,3-5,14-16,19H2,1-2H3,(H,31,32)/t20-,27+/m0/s1. The Morgan fingerprint density at radius 3 is 2.46 bits per heavy atom.